The molecule has 0 unspecified atom stereocenters. The van der Waals surface area contributed by atoms with Crippen LogP contribution in [0.3, 0.4) is 0 Å². The summed E-state index contributed by atoms with van der Waals surface area (Å²) in [6, 6.07) is 8.71. The van der Waals surface area contributed by atoms with Gasteiger partial charge in [0.05, 0.1) is 0 Å². The molecule has 23 heavy (non-hydrogen) atoms. The van der Waals surface area contributed by atoms with Gasteiger partial charge in [0.2, 0.25) is 5.91 Å². The van der Waals surface area contributed by atoms with Crippen LogP contribution in [0.5, 0.6) is 0 Å². The van der Waals surface area contributed by atoms with E-state index in [-0.39, 0.29) is 0 Å². The number of nitrogens with one attached hydrogen (secondary N) is 1. The lowest BCUT2D eigenvalue weighted by molar-refractivity contribution is -0.132. The molecule has 3 nitrogen and oxygen atoms in total. The number of carbonyl (C=O) groups excluding carboxylic acids is 1. The minimum atomic E-state index is 0.381. The van der Waals surface area contributed by atoms with Crippen LogP contribution in [0.25, 0.3) is 0 Å². The Morgan fingerprint density at radius 1 is 1.13 bits per heavy atom. The molecule has 0 aliphatic carbocycles. The van der Waals surface area contributed by atoms with Crippen LogP contribution in [0.1, 0.15) is 55.6 Å². The fourth-order valence-corrected chi connectivity index (χ4v) is 4.14. The van der Waals surface area contributed by atoms with Crippen molar-refractivity contribution in [2.45, 2.75) is 51.4 Å². The largest absolute Gasteiger partial charge is 0.343 e. The summed E-state index contributed by atoms with van der Waals surface area (Å²) in [5.74, 6) is 1.76. The molecule has 0 aromatic heterocycles. The van der Waals surface area contributed by atoms with E-state index in [2.05, 4.69) is 41.4 Å². The molecule has 3 heteroatoms. The minimum absolute atomic E-state index is 0.381. The van der Waals surface area contributed by atoms with Crippen LogP contribution in [-0.4, -0.2) is 37.0 Å². The zero-order valence-corrected chi connectivity index (χ0v) is 14.4. The van der Waals surface area contributed by atoms with E-state index >= 15 is 0 Å². The lowest BCUT2D eigenvalue weighted by Crippen LogP contribution is -2.38. The molecule has 126 valence electrons. The summed E-state index contributed by atoms with van der Waals surface area (Å²) in [5.41, 5.74) is 2.87. The van der Waals surface area contributed by atoms with E-state index in [0.717, 1.165) is 57.8 Å². The maximum absolute atomic E-state index is 12.5. The van der Waals surface area contributed by atoms with Crippen molar-refractivity contribution in [3.05, 3.63) is 35.4 Å². The molecule has 2 heterocycles. The number of hydrogen-bond acceptors (Lipinski definition) is 2. The molecule has 2 aliphatic rings. The number of rotatable bonds is 4. The summed E-state index contributed by atoms with van der Waals surface area (Å²) in [6.45, 7) is 6.32. The van der Waals surface area contributed by atoms with E-state index in [0.29, 0.717) is 11.8 Å². The second kappa shape index (κ2) is 7.96. The van der Waals surface area contributed by atoms with Crippen molar-refractivity contribution < 1.29 is 4.79 Å². The molecular formula is C20H30N2O. The summed E-state index contributed by atoms with van der Waals surface area (Å²) in [5, 5.41) is 3.40. The first-order valence-electron chi connectivity index (χ1n) is 9.28. The number of benzene rings is 1. The minimum Gasteiger partial charge on any atom is -0.343 e. The van der Waals surface area contributed by atoms with Gasteiger partial charge in [-0.25, -0.2) is 0 Å². The van der Waals surface area contributed by atoms with E-state index in [9.17, 15) is 4.79 Å². The number of amides is 1. The van der Waals surface area contributed by atoms with Crippen LogP contribution in [0, 0.1) is 12.8 Å². The predicted molar refractivity (Wildman–Crippen MR) is 94.6 cm³/mol. The summed E-state index contributed by atoms with van der Waals surface area (Å²) in [7, 11) is 0. The number of likely N-dealkylation sites (tertiary alicyclic amines) is 1. The van der Waals surface area contributed by atoms with Crippen molar-refractivity contribution in [2.75, 3.05) is 26.2 Å². The summed E-state index contributed by atoms with van der Waals surface area (Å²) in [6.07, 6.45) is 6.54. The van der Waals surface area contributed by atoms with E-state index in [4.69, 9.17) is 0 Å². The molecule has 1 aromatic rings. The molecule has 0 saturated carbocycles. The highest BCUT2D eigenvalue weighted by Gasteiger charge is 2.25. The number of nitrogens with zero attached hydrogens (tertiary/aromatic N) is 1. The molecule has 1 N–H and O–H groups in total. The normalized spacial score (nSPS) is 20.7. The summed E-state index contributed by atoms with van der Waals surface area (Å²) in [4.78, 5) is 14.6. The zero-order chi connectivity index (χ0) is 16.1. The Labute approximate surface area is 140 Å². The van der Waals surface area contributed by atoms with Gasteiger partial charge in [-0.3, -0.25) is 4.79 Å². The Hall–Kier alpha value is -1.35. The average Bonchev–Trinajstić information content (AvgIpc) is 2.61. The highest BCUT2D eigenvalue weighted by Crippen LogP contribution is 2.30. The Balaban J connectivity index is 1.45. The van der Waals surface area contributed by atoms with E-state index < -0.39 is 0 Å². The lowest BCUT2D eigenvalue weighted by Gasteiger charge is -2.33. The summed E-state index contributed by atoms with van der Waals surface area (Å²) >= 11 is 0. The standard InChI is InChI=1S/C20H30N2O/c1-16-4-2-3-5-19(16)18-10-14-22(15-11-18)20(23)7-6-17-8-12-21-13-9-17/h2-5,17-18,21H,6-15H2,1H3. The van der Waals surface area contributed by atoms with E-state index in [1.54, 1.807) is 0 Å². The maximum Gasteiger partial charge on any atom is 0.222 e. The van der Waals surface area contributed by atoms with Gasteiger partial charge in [0.1, 0.15) is 0 Å². The van der Waals surface area contributed by atoms with Gasteiger partial charge in [0, 0.05) is 19.5 Å². The Morgan fingerprint density at radius 2 is 1.83 bits per heavy atom. The van der Waals surface area contributed by atoms with Crippen molar-refractivity contribution in [2.24, 2.45) is 5.92 Å². The number of hydrogen-bond donors (Lipinski definition) is 1. The number of carbonyl (C=O) groups is 1. The second-order valence-electron chi connectivity index (χ2n) is 7.24. The van der Waals surface area contributed by atoms with E-state index in [1.807, 2.05) is 0 Å². The first kappa shape index (κ1) is 16.5. The van der Waals surface area contributed by atoms with Crippen molar-refractivity contribution in [1.82, 2.24) is 10.2 Å². The van der Waals surface area contributed by atoms with Gasteiger partial charge < -0.3 is 10.2 Å². The van der Waals surface area contributed by atoms with Gasteiger partial charge in [-0.1, -0.05) is 24.3 Å². The van der Waals surface area contributed by atoms with Gasteiger partial charge in [-0.15, -0.1) is 0 Å². The maximum atomic E-state index is 12.5. The fraction of sp³-hybridized carbons (Fsp3) is 0.650. The third-order valence-corrected chi connectivity index (χ3v) is 5.70. The van der Waals surface area contributed by atoms with Crippen LogP contribution in [0.15, 0.2) is 24.3 Å². The predicted octanol–water partition coefficient (Wildman–Crippen LogP) is 3.48. The first-order valence-corrected chi connectivity index (χ1v) is 9.28. The highest BCUT2D eigenvalue weighted by atomic mass is 16.2. The van der Waals surface area contributed by atoms with Crippen LogP contribution >= 0.6 is 0 Å². The van der Waals surface area contributed by atoms with Crippen LogP contribution < -0.4 is 5.32 Å². The first-order chi connectivity index (χ1) is 11.2. The Kier molecular flexibility index (Phi) is 5.71. The third kappa shape index (κ3) is 4.35. The molecule has 2 fully saturated rings. The Morgan fingerprint density at radius 3 is 2.52 bits per heavy atom. The Bertz CT molecular complexity index is 514. The quantitative estimate of drug-likeness (QED) is 0.923. The third-order valence-electron chi connectivity index (χ3n) is 5.70. The SMILES string of the molecule is Cc1ccccc1C1CCN(C(=O)CCC2CCNCC2)CC1. The average molecular weight is 314 g/mol. The van der Waals surface area contributed by atoms with Gasteiger partial charge in [0.25, 0.3) is 0 Å². The highest BCUT2D eigenvalue weighted by molar-refractivity contribution is 5.76. The van der Waals surface area contributed by atoms with Gasteiger partial charge in [0.15, 0.2) is 0 Å². The van der Waals surface area contributed by atoms with Crippen LogP contribution in [-0.2, 0) is 4.79 Å². The topological polar surface area (TPSA) is 32.3 Å². The van der Waals surface area contributed by atoms with Gasteiger partial charge in [-0.05, 0) is 75.1 Å². The molecule has 2 saturated heterocycles. The summed E-state index contributed by atoms with van der Waals surface area (Å²) < 4.78 is 0. The molecule has 1 amide bonds. The molecule has 2 aliphatic heterocycles. The molecule has 0 atom stereocenters. The zero-order valence-electron chi connectivity index (χ0n) is 14.4. The molecule has 1 aromatic carbocycles. The molecule has 0 radical (unpaired) electrons. The van der Waals surface area contributed by atoms with Crippen LogP contribution in [0.2, 0.25) is 0 Å². The molecular weight excluding hydrogens is 284 g/mol. The van der Waals surface area contributed by atoms with Crippen molar-refractivity contribution in [3.8, 4) is 0 Å². The monoisotopic (exact) mass is 314 g/mol. The van der Waals surface area contributed by atoms with Crippen molar-refractivity contribution in [1.29, 1.82) is 0 Å². The smallest absolute Gasteiger partial charge is 0.222 e. The van der Waals surface area contributed by atoms with Crippen LogP contribution in [0.4, 0.5) is 0 Å². The van der Waals surface area contributed by atoms with Crippen molar-refractivity contribution in [3.63, 3.8) is 0 Å². The molecule has 0 spiro atoms. The molecule has 3 rings (SSSR count). The fourth-order valence-electron chi connectivity index (χ4n) is 4.14. The van der Waals surface area contributed by atoms with Crippen molar-refractivity contribution >= 4 is 5.91 Å². The van der Waals surface area contributed by atoms with Gasteiger partial charge >= 0.3 is 0 Å². The number of piperidine rings is 2. The molecule has 0 bridgehead atoms. The number of aryl methyl sites for hydroxylation is 1. The van der Waals surface area contributed by atoms with Gasteiger partial charge in [-0.2, -0.15) is 0 Å². The second-order valence-corrected chi connectivity index (χ2v) is 7.24. The lowest BCUT2D eigenvalue weighted by atomic mass is 9.86. The van der Waals surface area contributed by atoms with E-state index in [1.165, 1.54) is 24.0 Å².